The van der Waals surface area contributed by atoms with E-state index < -0.39 is 0 Å². The number of carbonyl (C=O) groups is 1. The van der Waals surface area contributed by atoms with Crippen molar-refractivity contribution in [2.45, 2.75) is 52.5 Å². The van der Waals surface area contributed by atoms with Crippen LogP contribution in [0.1, 0.15) is 55.1 Å². The highest BCUT2D eigenvalue weighted by molar-refractivity contribution is 7.14. The second kappa shape index (κ2) is 5.48. The standard InChI is InChI=1S/C13H21NOS/c1-5-6-7-10-8-9-11(16-10)12(15)14-13(2,3)4/h8-9H,5-7H2,1-4H3,(H,14,15). The lowest BCUT2D eigenvalue weighted by Crippen LogP contribution is -2.40. The highest BCUT2D eigenvalue weighted by Gasteiger charge is 2.16. The smallest absolute Gasteiger partial charge is 0.261 e. The third-order valence-electron chi connectivity index (χ3n) is 2.15. The van der Waals surface area contributed by atoms with E-state index in [0.29, 0.717) is 0 Å². The molecule has 0 radical (unpaired) electrons. The molecule has 16 heavy (non-hydrogen) atoms. The molecule has 2 nitrogen and oxygen atoms in total. The summed E-state index contributed by atoms with van der Waals surface area (Å²) in [6.07, 6.45) is 3.48. The lowest BCUT2D eigenvalue weighted by molar-refractivity contribution is 0.0924. The van der Waals surface area contributed by atoms with Crippen molar-refractivity contribution in [3.63, 3.8) is 0 Å². The van der Waals surface area contributed by atoms with Gasteiger partial charge in [-0.3, -0.25) is 4.79 Å². The number of carbonyl (C=O) groups excluding carboxylic acids is 1. The predicted octanol–water partition coefficient (Wildman–Crippen LogP) is 3.62. The van der Waals surface area contributed by atoms with E-state index in [1.807, 2.05) is 26.8 Å². The molecule has 0 saturated heterocycles. The minimum atomic E-state index is -0.162. The quantitative estimate of drug-likeness (QED) is 0.854. The molecule has 0 unspecified atom stereocenters. The van der Waals surface area contributed by atoms with Crippen molar-refractivity contribution in [1.29, 1.82) is 0 Å². The number of thiophene rings is 1. The van der Waals surface area contributed by atoms with E-state index in [2.05, 4.69) is 18.3 Å². The van der Waals surface area contributed by atoms with Crippen LogP contribution in [0.5, 0.6) is 0 Å². The average molecular weight is 239 g/mol. The zero-order valence-corrected chi connectivity index (χ0v) is 11.4. The Bertz CT molecular complexity index is 349. The number of amides is 1. The summed E-state index contributed by atoms with van der Waals surface area (Å²) in [6, 6.07) is 3.99. The van der Waals surface area contributed by atoms with E-state index in [0.717, 1.165) is 11.3 Å². The van der Waals surface area contributed by atoms with Crippen LogP contribution in [-0.4, -0.2) is 11.4 Å². The first kappa shape index (κ1) is 13.2. The molecule has 0 aromatic carbocycles. The second-order valence-electron chi connectivity index (χ2n) is 5.07. The second-order valence-corrected chi connectivity index (χ2v) is 6.24. The molecule has 1 heterocycles. The molecule has 0 bridgehead atoms. The fraction of sp³-hybridized carbons (Fsp3) is 0.615. The van der Waals surface area contributed by atoms with Gasteiger partial charge in [0.2, 0.25) is 0 Å². The van der Waals surface area contributed by atoms with E-state index >= 15 is 0 Å². The number of hydrogen-bond acceptors (Lipinski definition) is 2. The third-order valence-corrected chi connectivity index (χ3v) is 3.29. The zero-order valence-electron chi connectivity index (χ0n) is 10.6. The zero-order chi connectivity index (χ0) is 12.2. The number of rotatable bonds is 4. The molecular weight excluding hydrogens is 218 g/mol. The summed E-state index contributed by atoms with van der Waals surface area (Å²) >= 11 is 1.61. The summed E-state index contributed by atoms with van der Waals surface area (Å²) in [5.74, 6) is 0.0419. The number of unbranched alkanes of at least 4 members (excludes halogenated alkanes) is 1. The Morgan fingerprint density at radius 2 is 2.06 bits per heavy atom. The van der Waals surface area contributed by atoms with Crippen LogP contribution in [0.4, 0.5) is 0 Å². The van der Waals surface area contributed by atoms with Crippen LogP contribution in [-0.2, 0) is 6.42 Å². The lowest BCUT2D eigenvalue weighted by Gasteiger charge is -2.19. The first-order valence-electron chi connectivity index (χ1n) is 5.83. The van der Waals surface area contributed by atoms with Crippen LogP contribution < -0.4 is 5.32 Å². The van der Waals surface area contributed by atoms with Gasteiger partial charge in [-0.25, -0.2) is 0 Å². The Balaban J connectivity index is 2.60. The van der Waals surface area contributed by atoms with Crippen molar-refractivity contribution in [1.82, 2.24) is 5.32 Å². The molecule has 1 aromatic heterocycles. The van der Waals surface area contributed by atoms with Crippen LogP contribution in [0.25, 0.3) is 0 Å². The van der Waals surface area contributed by atoms with E-state index in [1.165, 1.54) is 17.7 Å². The first-order valence-corrected chi connectivity index (χ1v) is 6.65. The van der Waals surface area contributed by atoms with Crippen LogP contribution in [0.2, 0.25) is 0 Å². The molecule has 1 aromatic rings. The van der Waals surface area contributed by atoms with Gasteiger partial charge < -0.3 is 5.32 Å². The van der Waals surface area contributed by atoms with Crippen molar-refractivity contribution >= 4 is 17.2 Å². The van der Waals surface area contributed by atoms with Gasteiger partial charge in [0.15, 0.2) is 0 Å². The van der Waals surface area contributed by atoms with E-state index in [9.17, 15) is 4.79 Å². The molecule has 90 valence electrons. The van der Waals surface area contributed by atoms with Crippen LogP contribution in [0.15, 0.2) is 12.1 Å². The van der Waals surface area contributed by atoms with Crippen LogP contribution in [0, 0.1) is 0 Å². The molecular formula is C13H21NOS. The Kier molecular flexibility index (Phi) is 4.54. The molecule has 1 rings (SSSR count). The van der Waals surface area contributed by atoms with E-state index in [-0.39, 0.29) is 11.4 Å². The van der Waals surface area contributed by atoms with Crippen molar-refractivity contribution in [3.8, 4) is 0 Å². The summed E-state index contributed by atoms with van der Waals surface area (Å²) < 4.78 is 0. The molecule has 0 aliphatic rings. The van der Waals surface area contributed by atoms with E-state index in [4.69, 9.17) is 0 Å². The summed E-state index contributed by atoms with van der Waals surface area (Å²) in [6.45, 7) is 8.17. The monoisotopic (exact) mass is 239 g/mol. The van der Waals surface area contributed by atoms with Gasteiger partial charge in [-0.05, 0) is 45.7 Å². The molecule has 0 aliphatic carbocycles. The van der Waals surface area contributed by atoms with Crippen molar-refractivity contribution < 1.29 is 4.79 Å². The number of aryl methyl sites for hydroxylation is 1. The minimum Gasteiger partial charge on any atom is -0.347 e. The van der Waals surface area contributed by atoms with E-state index in [1.54, 1.807) is 11.3 Å². The molecule has 0 spiro atoms. The highest BCUT2D eigenvalue weighted by Crippen LogP contribution is 2.19. The van der Waals surface area contributed by atoms with Crippen molar-refractivity contribution in [2.75, 3.05) is 0 Å². The van der Waals surface area contributed by atoms with Crippen LogP contribution in [0.3, 0.4) is 0 Å². The van der Waals surface area contributed by atoms with Gasteiger partial charge in [0.05, 0.1) is 4.88 Å². The Morgan fingerprint density at radius 3 is 2.62 bits per heavy atom. The molecule has 1 N–H and O–H groups in total. The first-order chi connectivity index (χ1) is 7.42. The van der Waals surface area contributed by atoms with Gasteiger partial charge in [-0.15, -0.1) is 11.3 Å². The van der Waals surface area contributed by atoms with Gasteiger partial charge in [-0.2, -0.15) is 0 Å². The molecule has 3 heteroatoms. The fourth-order valence-electron chi connectivity index (χ4n) is 1.39. The Labute approximate surface area is 102 Å². The van der Waals surface area contributed by atoms with Gasteiger partial charge in [0, 0.05) is 10.4 Å². The Morgan fingerprint density at radius 1 is 1.38 bits per heavy atom. The molecule has 0 atom stereocenters. The van der Waals surface area contributed by atoms with Gasteiger partial charge in [0.1, 0.15) is 0 Å². The normalized spacial score (nSPS) is 11.5. The maximum absolute atomic E-state index is 11.8. The van der Waals surface area contributed by atoms with Crippen molar-refractivity contribution in [2.24, 2.45) is 0 Å². The third kappa shape index (κ3) is 4.35. The van der Waals surface area contributed by atoms with Gasteiger partial charge >= 0.3 is 0 Å². The fourth-order valence-corrected chi connectivity index (χ4v) is 2.33. The largest absolute Gasteiger partial charge is 0.347 e. The minimum absolute atomic E-state index is 0.0419. The SMILES string of the molecule is CCCCc1ccc(C(=O)NC(C)(C)C)s1. The molecule has 0 saturated carbocycles. The predicted molar refractivity (Wildman–Crippen MR) is 70.2 cm³/mol. The van der Waals surface area contributed by atoms with Gasteiger partial charge in [-0.1, -0.05) is 13.3 Å². The topological polar surface area (TPSA) is 29.1 Å². The average Bonchev–Trinajstić information content (AvgIpc) is 2.60. The summed E-state index contributed by atoms with van der Waals surface area (Å²) in [5.41, 5.74) is -0.162. The maximum atomic E-state index is 11.8. The van der Waals surface area contributed by atoms with Crippen LogP contribution >= 0.6 is 11.3 Å². The van der Waals surface area contributed by atoms with Crippen molar-refractivity contribution in [3.05, 3.63) is 21.9 Å². The summed E-state index contributed by atoms with van der Waals surface area (Å²) in [5, 5.41) is 2.98. The number of nitrogens with one attached hydrogen (secondary N) is 1. The highest BCUT2D eigenvalue weighted by atomic mass is 32.1. The molecule has 1 amide bonds. The van der Waals surface area contributed by atoms with Gasteiger partial charge in [0.25, 0.3) is 5.91 Å². The summed E-state index contributed by atoms with van der Waals surface area (Å²) in [4.78, 5) is 14.0. The molecule has 0 aliphatic heterocycles. The maximum Gasteiger partial charge on any atom is 0.261 e. The Hall–Kier alpha value is -0.830. The lowest BCUT2D eigenvalue weighted by atomic mass is 10.1. The number of hydrogen-bond donors (Lipinski definition) is 1. The molecule has 0 fully saturated rings. The summed E-state index contributed by atoms with van der Waals surface area (Å²) in [7, 11) is 0.